The first-order valence-electron chi connectivity index (χ1n) is 26.6. The summed E-state index contributed by atoms with van der Waals surface area (Å²) in [7, 11) is 5.28. The summed E-state index contributed by atoms with van der Waals surface area (Å²) in [5.41, 5.74) is 1.01. The highest BCUT2D eigenvalue weighted by molar-refractivity contribution is 5.75. The number of hydrogen-bond donors (Lipinski definition) is 7. The maximum atomic E-state index is 14.6. The zero-order valence-corrected chi connectivity index (χ0v) is 45.1. The van der Waals surface area contributed by atoms with Crippen molar-refractivity contribution in [1.82, 2.24) is 15.1 Å². The second-order valence-corrected chi connectivity index (χ2v) is 22.1. The molecule has 0 spiro atoms. The highest BCUT2D eigenvalue weighted by Gasteiger charge is 2.53. The number of rotatable bonds is 22. The van der Waals surface area contributed by atoms with E-state index in [0.29, 0.717) is 38.9 Å². The van der Waals surface area contributed by atoms with Crippen LogP contribution in [0.5, 0.6) is 0 Å². The largest absolute Gasteiger partial charge is 0.459 e. The molecule has 3 heterocycles. The molecule has 17 nitrogen and oxygen atoms in total. The topological polar surface area (TPSA) is 235 Å². The zero-order chi connectivity index (χ0) is 51.9. The van der Waals surface area contributed by atoms with Gasteiger partial charge in [0.05, 0.1) is 41.5 Å². The lowest BCUT2D eigenvalue weighted by molar-refractivity contribution is -0.318. The number of cyclic esters (lactones) is 1. The second-order valence-electron chi connectivity index (χ2n) is 22.1. The number of aliphatic hydroxyl groups is 5. The molecule has 0 aliphatic carbocycles. The van der Waals surface area contributed by atoms with Crippen LogP contribution in [0, 0.1) is 17.8 Å². The molecule has 69 heavy (non-hydrogen) atoms. The van der Waals surface area contributed by atoms with Gasteiger partial charge >= 0.3 is 5.97 Å². The number of nitrogens with zero attached hydrogens (tertiary/aromatic N) is 2. The Morgan fingerprint density at radius 3 is 2.06 bits per heavy atom. The van der Waals surface area contributed by atoms with Crippen molar-refractivity contribution < 1.29 is 63.5 Å². The molecule has 1 amide bonds. The molecule has 3 aliphatic heterocycles. The number of esters is 1. The molecule has 0 aromatic carbocycles. The van der Waals surface area contributed by atoms with Gasteiger partial charge < -0.3 is 69.9 Å². The molecule has 0 aromatic heterocycles. The monoisotopic (exact) mass is 989 g/mol. The number of nitrogens with two attached hydrogens (primary N) is 1. The Hall–Kier alpha value is -1.58. The van der Waals surface area contributed by atoms with Gasteiger partial charge in [-0.25, -0.2) is 0 Å². The van der Waals surface area contributed by atoms with E-state index in [9.17, 15) is 35.1 Å². The van der Waals surface area contributed by atoms with E-state index < -0.39 is 96.0 Å². The SMILES string of the molecule is CC[C@H]1OC(=O)[C@H](C)[C@@H](O[C@H]2C[C@@](C)(OC)[C@@H](O)[C@H](C)O2)[C@H](C)[C@@H](O[C@@H]2O[C@H](C)C[C@H](N(C)C)[C@H]2O)[C@](C)(O)C[C@@H](C)CN(CCCNC(=O)CCCCCCCCCCCN)[C@H](C)[C@@H](O)[C@]1(C)O. The van der Waals surface area contributed by atoms with E-state index in [2.05, 4.69) is 10.2 Å². The number of nitrogens with one attached hydrogen (secondary N) is 1. The maximum absolute atomic E-state index is 14.6. The predicted octanol–water partition coefficient (Wildman–Crippen LogP) is 4.64. The number of amides is 1. The van der Waals surface area contributed by atoms with E-state index in [1.807, 2.05) is 46.7 Å². The van der Waals surface area contributed by atoms with Gasteiger partial charge in [0.15, 0.2) is 12.6 Å². The molecule has 0 saturated carbocycles. The van der Waals surface area contributed by atoms with Crippen LogP contribution in [0.2, 0.25) is 0 Å². The average Bonchev–Trinajstić information content (AvgIpc) is 3.28. The van der Waals surface area contributed by atoms with E-state index in [0.717, 1.165) is 32.2 Å². The molecule has 0 radical (unpaired) electrons. The number of unbranched alkanes of at least 4 members (excludes halogenated alkanes) is 8. The number of methoxy groups -OCH3 is 1. The quantitative estimate of drug-likeness (QED) is 0.0579. The van der Waals surface area contributed by atoms with Gasteiger partial charge in [0.1, 0.15) is 30.0 Å². The standard InChI is InChI=1S/C52H100N4O13/c1-14-40-52(10,63)45(59)37(6)56(28-24-27-54-41(57)25-22-20-18-16-15-17-19-21-23-26-53)32-33(2)30-50(8,62)47(69-49-43(58)39(55(11)12)29-34(3)65-49)35(4)44(36(5)48(61)67-40)68-42-31-51(9,64-13)46(60)38(7)66-42/h33-40,42-47,49,58-60,62-63H,14-32,53H2,1-13H3,(H,54,57)/t33-,34-,35+,36-,37-,38+,39+,40-,42+,43-,44+,45-,46+,47-,49+,50-,51-,52-/m1/s1. The van der Waals surface area contributed by atoms with Crippen molar-refractivity contribution in [1.29, 1.82) is 0 Å². The van der Waals surface area contributed by atoms with Crippen LogP contribution < -0.4 is 11.1 Å². The molecule has 406 valence electrons. The summed E-state index contributed by atoms with van der Waals surface area (Å²) in [5, 5.41) is 63.0. The third-order valence-corrected chi connectivity index (χ3v) is 15.6. The Morgan fingerprint density at radius 2 is 1.48 bits per heavy atom. The second kappa shape index (κ2) is 28.8. The predicted molar refractivity (Wildman–Crippen MR) is 266 cm³/mol. The van der Waals surface area contributed by atoms with Gasteiger partial charge in [-0.05, 0) is 114 Å². The highest BCUT2D eigenvalue weighted by Crippen LogP contribution is 2.40. The van der Waals surface area contributed by atoms with Gasteiger partial charge in [0.2, 0.25) is 5.91 Å². The van der Waals surface area contributed by atoms with E-state index in [-0.39, 0.29) is 43.2 Å². The van der Waals surface area contributed by atoms with Crippen molar-refractivity contribution in [2.24, 2.45) is 23.5 Å². The third kappa shape index (κ3) is 17.8. The first-order chi connectivity index (χ1) is 32.3. The van der Waals surface area contributed by atoms with Gasteiger partial charge in [0, 0.05) is 57.6 Å². The molecule has 0 aromatic rings. The normalized spacial score (nSPS) is 40.2. The summed E-state index contributed by atoms with van der Waals surface area (Å²) >= 11 is 0. The lowest BCUT2D eigenvalue weighted by atomic mass is 9.77. The Morgan fingerprint density at radius 1 is 0.870 bits per heavy atom. The zero-order valence-electron chi connectivity index (χ0n) is 45.1. The van der Waals surface area contributed by atoms with Crippen LogP contribution >= 0.6 is 0 Å². The summed E-state index contributed by atoms with van der Waals surface area (Å²) in [6, 6.07) is -0.953. The van der Waals surface area contributed by atoms with Crippen LogP contribution in [-0.2, 0) is 38.0 Å². The first kappa shape index (κ1) is 61.7. The number of carbonyl (C=O) groups is 2. The van der Waals surface area contributed by atoms with Crippen LogP contribution in [0.3, 0.4) is 0 Å². The van der Waals surface area contributed by atoms with Gasteiger partial charge in [-0.15, -0.1) is 0 Å². The highest BCUT2D eigenvalue weighted by atomic mass is 16.7. The Bertz CT molecular complexity index is 1490. The molecule has 3 saturated heterocycles. The van der Waals surface area contributed by atoms with Crippen molar-refractivity contribution >= 4 is 11.9 Å². The first-order valence-corrected chi connectivity index (χ1v) is 26.6. The van der Waals surface area contributed by atoms with Crippen LogP contribution in [0.15, 0.2) is 0 Å². The van der Waals surface area contributed by atoms with Gasteiger partial charge in [0.25, 0.3) is 0 Å². The smallest absolute Gasteiger partial charge is 0.311 e. The van der Waals surface area contributed by atoms with Gasteiger partial charge in [-0.3, -0.25) is 14.5 Å². The molecule has 3 rings (SSSR count). The lowest BCUT2D eigenvalue weighted by Crippen LogP contribution is -2.60. The van der Waals surface area contributed by atoms with Crippen LogP contribution in [0.4, 0.5) is 0 Å². The summed E-state index contributed by atoms with van der Waals surface area (Å²) in [6.45, 7) is 19.7. The molecule has 3 aliphatic rings. The molecular formula is C52H100N4O13. The third-order valence-electron chi connectivity index (χ3n) is 15.6. The van der Waals surface area contributed by atoms with Crippen molar-refractivity contribution in [3.05, 3.63) is 0 Å². The van der Waals surface area contributed by atoms with Gasteiger partial charge in [-0.1, -0.05) is 65.7 Å². The van der Waals surface area contributed by atoms with Crippen molar-refractivity contribution in [2.45, 2.75) is 256 Å². The van der Waals surface area contributed by atoms with E-state index in [4.69, 9.17) is 34.2 Å². The number of aliphatic hydroxyl groups excluding tert-OH is 3. The summed E-state index contributed by atoms with van der Waals surface area (Å²) in [6.07, 6.45) is 2.31. The fraction of sp³-hybridized carbons (Fsp3) is 0.962. The van der Waals surface area contributed by atoms with Crippen molar-refractivity contribution in [2.75, 3.05) is 47.4 Å². The van der Waals surface area contributed by atoms with E-state index >= 15 is 0 Å². The molecule has 8 N–H and O–H groups in total. The Kier molecular flexibility index (Phi) is 25.7. The molecule has 17 heteroatoms. The molecule has 0 bridgehead atoms. The summed E-state index contributed by atoms with van der Waals surface area (Å²) in [5.74, 6) is -2.80. The van der Waals surface area contributed by atoms with Gasteiger partial charge in [-0.2, -0.15) is 0 Å². The maximum Gasteiger partial charge on any atom is 0.311 e. The van der Waals surface area contributed by atoms with Crippen LogP contribution in [0.1, 0.15) is 166 Å². The molecular weight excluding hydrogens is 889 g/mol. The number of hydrogen-bond acceptors (Lipinski definition) is 16. The minimum absolute atomic E-state index is 0.00629. The number of likely N-dealkylation sites (N-methyl/N-ethyl adjacent to an activating group) is 1. The Labute approximate surface area is 416 Å². The molecule has 18 atom stereocenters. The van der Waals surface area contributed by atoms with Crippen molar-refractivity contribution in [3.63, 3.8) is 0 Å². The van der Waals surface area contributed by atoms with Crippen LogP contribution in [-0.4, -0.2) is 185 Å². The minimum atomic E-state index is -1.89. The summed E-state index contributed by atoms with van der Waals surface area (Å²) in [4.78, 5) is 31.4. The van der Waals surface area contributed by atoms with Crippen LogP contribution in [0.25, 0.3) is 0 Å². The van der Waals surface area contributed by atoms with Crippen molar-refractivity contribution in [3.8, 4) is 0 Å². The molecule has 3 fully saturated rings. The van der Waals surface area contributed by atoms with E-state index in [1.54, 1.807) is 34.6 Å². The summed E-state index contributed by atoms with van der Waals surface area (Å²) < 4.78 is 38.1. The fourth-order valence-electron chi connectivity index (χ4n) is 11.2. The average molecular weight is 989 g/mol. The fourth-order valence-corrected chi connectivity index (χ4v) is 11.2. The Balaban J connectivity index is 1.95. The minimum Gasteiger partial charge on any atom is -0.459 e. The van der Waals surface area contributed by atoms with E-state index in [1.165, 1.54) is 46.1 Å². The number of carbonyl (C=O) groups excluding carboxylic acids is 2. The lowest BCUT2D eigenvalue weighted by Gasteiger charge is -2.48. The number of ether oxygens (including phenoxy) is 6. The molecule has 0 unspecified atom stereocenters.